The Hall–Kier alpha value is -9.29. The van der Waals surface area contributed by atoms with Crippen molar-refractivity contribution in [2.75, 3.05) is 39.3 Å². The fourth-order valence-corrected chi connectivity index (χ4v) is 9.35. The van der Waals surface area contributed by atoms with Crippen LogP contribution in [0.5, 0.6) is 5.75 Å². The zero-order valence-electron chi connectivity index (χ0n) is 50.5. The van der Waals surface area contributed by atoms with Gasteiger partial charge in [-0.3, -0.25) is 58.1 Å². The van der Waals surface area contributed by atoms with Gasteiger partial charge in [0.1, 0.15) is 48.0 Å². The standard InChI is InChI=1S/C57H91N19O12/c1-5-33(4)46(52(85)73-40(17-11-25-67-57(63)64)53(86)76-26-12-18-43(76)54(87)88)75-49(82)39(16-10-24-66-56(61)62)71-48(81)38(15-9-23-65-55(59)60)72-50(83)41(27-32(2)3)74-51(84)42(29-34-13-7-6-8-14-34)70-45(79)31-68-44(78)30-69-47(80)37(58)28-35-19-21-36(77)22-20-35/h6-8,13-14,19-22,32-33,37-43,46,77H,5,9-12,15-18,23-31,58H2,1-4H3,(H,68,78)(H,69,80)(H,70,79)(H,71,81)(H,72,83)(H,73,85)(H,74,84)(H,75,82)(H,87,88)(H4,59,60,65)(H4,61,62,66)(H4,63,64,67)/t33-,37-,38-,39-,40-,41-,42-,43+,46-/m0/s1. The molecule has 0 aromatic heterocycles. The number of likely N-dealkylation sites (tertiary alicyclic amines) is 1. The monoisotopic (exact) mass is 1230 g/mol. The Bertz CT molecular complexity index is 2740. The number of nitrogens with zero attached hydrogens (tertiary/aromatic N) is 4. The minimum atomic E-state index is -1.41. The predicted molar refractivity (Wildman–Crippen MR) is 329 cm³/mol. The summed E-state index contributed by atoms with van der Waals surface area (Å²) in [5.74, 6) is -9.55. The van der Waals surface area contributed by atoms with Crippen LogP contribution < -0.4 is 82.7 Å². The maximum atomic E-state index is 14.6. The first-order chi connectivity index (χ1) is 41.7. The lowest BCUT2D eigenvalue weighted by atomic mass is 9.96. The average Bonchev–Trinajstić information content (AvgIpc) is 3.25. The number of nitrogens with two attached hydrogens (primary N) is 7. The summed E-state index contributed by atoms with van der Waals surface area (Å²) in [7, 11) is 0. The number of carbonyl (C=O) groups excluding carboxylic acids is 9. The van der Waals surface area contributed by atoms with Crippen LogP contribution in [0.4, 0.5) is 0 Å². The minimum absolute atomic E-state index is 0.00594. The Morgan fingerprint density at radius 3 is 1.57 bits per heavy atom. The molecule has 0 bridgehead atoms. The van der Waals surface area contributed by atoms with Crippen LogP contribution in [-0.4, -0.2) is 180 Å². The number of carboxylic acid groups (broad SMARTS) is 1. The van der Waals surface area contributed by atoms with Crippen molar-refractivity contribution in [3.8, 4) is 5.75 Å². The molecule has 0 aliphatic carbocycles. The molecule has 88 heavy (non-hydrogen) atoms. The quantitative estimate of drug-likeness (QED) is 0.0173. The Balaban J connectivity index is 1.89. The molecular weight excluding hydrogens is 1140 g/mol. The summed E-state index contributed by atoms with van der Waals surface area (Å²) in [6, 6.07) is 4.56. The van der Waals surface area contributed by atoms with Gasteiger partial charge in [-0.1, -0.05) is 76.6 Å². The first-order valence-corrected chi connectivity index (χ1v) is 29.3. The number of nitrogens with one attached hydrogen (secondary N) is 8. The van der Waals surface area contributed by atoms with E-state index in [0.717, 1.165) is 0 Å². The minimum Gasteiger partial charge on any atom is -0.508 e. The fraction of sp³-hybridized carbons (Fsp3) is 0.561. The van der Waals surface area contributed by atoms with E-state index in [4.69, 9.17) is 40.1 Å². The third kappa shape index (κ3) is 27.0. The van der Waals surface area contributed by atoms with E-state index in [0.29, 0.717) is 24.0 Å². The first-order valence-electron chi connectivity index (χ1n) is 29.3. The molecule has 1 fully saturated rings. The third-order valence-corrected chi connectivity index (χ3v) is 14.2. The number of rotatable bonds is 38. The van der Waals surface area contributed by atoms with Gasteiger partial charge in [0.2, 0.25) is 53.2 Å². The van der Waals surface area contributed by atoms with Crippen molar-refractivity contribution in [1.29, 1.82) is 0 Å². The number of benzene rings is 2. The van der Waals surface area contributed by atoms with E-state index in [1.807, 2.05) is 0 Å². The molecule has 9 amide bonds. The summed E-state index contributed by atoms with van der Waals surface area (Å²) in [5.41, 5.74) is 40.6. The number of hydrogen-bond donors (Lipinski definition) is 17. The maximum Gasteiger partial charge on any atom is 0.326 e. The molecule has 2 aromatic rings. The molecule has 1 aliphatic heterocycles. The van der Waals surface area contributed by atoms with Crippen LogP contribution in [0.3, 0.4) is 0 Å². The smallest absolute Gasteiger partial charge is 0.326 e. The van der Waals surface area contributed by atoms with Gasteiger partial charge in [0.25, 0.3) is 0 Å². The van der Waals surface area contributed by atoms with Crippen LogP contribution >= 0.6 is 0 Å². The van der Waals surface area contributed by atoms with E-state index < -0.39 is 126 Å². The normalized spacial score (nSPS) is 15.4. The lowest BCUT2D eigenvalue weighted by Crippen LogP contribution is -2.61. The van der Waals surface area contributed by atoms with Gasteiger partial charge in [0.05, 0.1) is 19.1 Å². The molecule has 0 unspecified atom stereocenters. The second kappa shape index (κ2) is 38.0. The summed E-state index contributed by atoms with van der Waals surface area (Å²) in [6.07, 6.45) is 1.31. The van der Waals surface area contributed by atoms with E-state index >= 15 is 0 Å². The van der Waals surface area contributed by atoms with Gasteiger partial charge in [-0.05, 0) is 99.3 Å². The van der Waals surface area contributed by atoms with Crippen LogP contribution in [0, 0.1) is 11.8 Å². The summed E-state index contributed by atoms with van der Waals surface area (Å²) in [5, 5.41) is 40.5. The Kier molecular flexibility index (Phi) is 31.5. The lowest BCUT2D eigenvalue weighted by Gasteiger charge is -2.31. The van der Waals surface area contributed by atoms with Crippen LogP contribution in [0.15, 0.2) is 69.6 Å². The lowest BCUT2D eigenvalue weighted by molar-refractivity contribution is -0.149. The molecule has 0 radical (unpaired) electrons. The van der Waals surface area contributed by atoms with E-state index in [1.165, 1.54) is 17.0 Å². The largest absolute Gasteiger partial charge is 0.508 e. The highest BCUT2D eigenvalue weighted by molar-refractivity contribution is 5.98. The summed E-state index contributed by atoms with van der Waals surface area (Å²) >= 11 is 0. The van der Waals surface area contributed by atoms with Gasteiger partial charge in [0, 0.05) is 32.6 Å². The summed E-state index contributed by atoms with van der Waals surface area (Å²) in [4.78, 5) is 150. The van der Waals surface area contributed by atoms with Gasteiger partial charge in [0.15, 0.2) is 17.9 Å². The number of carboxylic acids is 1. The number of amides is 9. The zero-order valence-corrected chi connectivity index (χ0v) is 50.5. The number of hydrogen-bond acceptors (Lipinski definition) is 15. The van der Waals surface area contributed by atoms with Crippen molar-refractivity contribution in [2.45, 2.75) is 153 Å². The fourth-order valence-electron chi connectivity index (χ4n) is 9.35. The molecule has 1 heterocycles. The number of phenolic OH excluding ortho intramolecular Hbond substituents is 1. The van der Waals surface area contributed by atoms with Gasteiger partial charge >= 0.3 is 5.97 Å². The molecule has 1 aliphatic rings. The second-order valence-corrected chi connectivity index (χ2v) is 21.9. The number of carbonyl (C=O) groups is 10. The SMILES string of the molecule is CC[C@H](C)[C@H](NC(=O)[C@H](CCCN=C(N)N)NC(=O)[C@H](CCCN=C(N)N)NC(=O)[C@H](CC(C)C)NC(=O)[C@H](Cc1ccccc1)NC(=O)CNC(=O)CNC(=O)[C@@H](N)Cc1ccc(O)cc1)C(=O)N[C@@H](CCCN=C(N)N)C(=O)N1CCC[C@@H]1C(=O)O. The van der Waals surface area contributed by atoms with Gasteiger partial charge < -0.3 is 97.8 Å². The molecule has 0 saturated carbocycles. The first kappa shape index (κ1) is 73.0. The number of aliphatic imine (C=N–C) groups is 3. The number of guanidine groups is 3. The molecule has 486 valence electrons. The molecule has 9 atom stereocenters. The molecule has 1 saturated heterocycles. The highest BCUT2D eigenvalue weighted by atomic mass is 16.4. The van der Waals surface area contributed by atoms with E-state index in [1.54, 1.807) is 70.2 Å². The van der Waals surface area contributed by atoms with Gasteiger partial charge in [-0.25, -0.2) is 4.79 Å². The summed E-state index contributed by atoms with van der Waals surface area (Å²) < 4.78 is 0. The third-order valence-electron chi connectivity index (χ3n) is 14.2. The van der Waals surface area contributed by atoms with Crippen molar-refractivity contribution in [3.05, 3.63) is 65.7 Å². The molecule has 3 rings (SSSR count). The van der Waals surface area contributed by atoms with Crippen molar-refractivity contribution >= 4 is 77.0 Å². The van der Waals surface area contributed by atoms with E-state index in [9.17, 15) is 58.2 Å². The summed E-state index contributed by atoms with van der Waals surface area (Å²) in [6.45, 7) is 6.16. The highest BCUT2D eigenvalue weighted by Gasteiger charge is 2.40. The Morgan fingerprint density at radius 2 is 1.05 bits per heavy atom. The molecule has 31 nitrogen and oxygen atoms in total. The molecule has 0 spiro atoms. The maximum absolute atomic E-state index is 14.6. The van der Waals surface area contributed by atoms with E-state index in [-0.39, 0.29) is 120 Å². The number of aromatic hydroxyl groups is 1. The topological polar surface area (TPSA) is 530 Å². The average molecular weight is 1230 g/mol. The van der Waals surface area contributed by atoms with Crippen molar-refractivity contribution < 1.29 is 58.2 Å². The molecular formula is C57H91N19O12. The van der Waals surface area contributed by atoms with Crippen LogP contribution in [0.2, 0.25) is 0 Å². The van der Waals surface area contributed by atoms with Gasteiger partial charge in [-0.2, -0.15) is 0 Å². The van der Waals surface area contributed by atoms with Crippen molar-refractivity contribution in [3.63, 3.8) is 0 Å². The Labute approximate surface area is 511 Å². The van der Waals surface area contributed by atoms with Crippen LogP contribution in [0.1, 0.15) is 103 Å². The van der Waals surface area contributed by atoms with E-state index in [2.05, 4.69) is 57.5 Å². The zero-order chi connectivity index (χ0) is 65.5. The molecule has 24 N–H and O–H groups in total. The predicted octanol–water partition coefficient (Wildman–Crippen LogP) is -4.03. The Morgan fingerprint density at radius 1 is 0.568 bits per heavy atom. The van der Waals surface area contributed by atoms with Crippen LogP contribution in [-0.2, 0) is 60.8 Å². The second-order valence-electron chi connectivity index (χ2n) is 21.9. The van der Waals surface area contributed by atoms with Crippen molar-refractivity contribution in [2.24, 2.45) is 66.9 Å². The van der Waals surface area contributed by atoms with Crippen molar-refractivity contribution in [1.82, 2.24) is 47.4 Å². The van der Waals surface area contributed by atoms with Crippen LogP contribution in [0.25, 0.3) is 0 Å². The van der Waals surface area contributed by atoms with Gasteiger partial charge in [-0.15, -0.1) is 0 Å². The number of aliphatic carboxylic acids is 1. The number of phenols is 1. The molecule has 2 aromatic carbocycles. The highest BCUT2D eigenvalue weighted by Crippen LogP contribution is 2.21. The molecule has 31 heteroatoms.